The number of aryl methyl sites for hydroxylation is 3. The molecule has 0 aromatic heterocycles. The van der Waals surface area contributed by atoms with Crippen molar-refractivity contribution in [3.63, 3.8) is 0 Å². The Morgan fingerprint density at radius 1 is 0.957 bits per heavy atom. The predicted octanol–water partition coefficient (Wildman–Crippen LogP) is 4.08. The molecular formula is C20H28BOY-. The minimum atomic E-state index is -0.250. The summed E-state index contributed by atoms with van der Waals surface area (Å²) in [5, 5.41) is 10.1. The zero-order valence-corrected chi connectivity index (χ0v) is 17.6. The molecule has 0 saturated carbocycles. The SMILES string of the molecule is CC.OB1CCCc2ccc(CCc3ccccc3)cc21.[CH3-].[Y]. The molecule has 2 aromatic carbocycles. The molecule has 0 aliphatic carbocycles. The first kappa shape index (κ1) is 22.6. The van der Waals surface area contributed by atoms with Crippen LogP contribution >= 0.6 is 0 Å². The third-order valence-electron chi connectivity index (χ3n) is 4.04. The Labute approximate surface area is 167 Å². The maximum Gasteiger partial charge on any atom is 0.323 e. The van der Waals surface area contributed by atoms with E-state index >= 15 is 0 Å². The normalized spacial score (nSPS) is 12.0. The van der Waals surface area contributed by atoms with Gasteiger partial charge in [0.15, 0.2) is 0 Å². The molecule has 2 aromatic rings. The molecule has 23 heavy (non-hydrogen) atoms. The molecule has 0 atom stereocenters. The molecule has 1 aliphatic rings. The van der Waals surface area contributed by atoms with Crippen molar-refractivity contribution >= 4 is 12.4 Å². The molecule has 0 unspecified atom stereocenters. The summed E-state index contributed by atoms with van der Waals surface area (Å²) < 4.78 is 0. The zero-order valence-electron chi connectivity index (χ0n) is 14.8. The summed E-state index contributed by atoms with van der Waals surface area (Å²) in [4.78, 5) is 0. The van der Waals surface area contributed by atoms with E-state index in [0.29, 0.717) is 0 Å². The van der Waals surface area contributed by atoms with Crippen molar-refractivity contribution < 1.29 is 37.7 Å². The Morgan fingerprint density at radius 3 is 2.30 bits per heavy atom. The maximum atomic E-state index is 10.1. The van der Waals surface area contributed by atoms with E-state index in [1.165, 1.54) is 16.7 Å². The Balaban J connectivity index is 0.00000117. The Bertz CT molecular complexity index is 557. The first-order valence-corrected chi connectivity index (χ1v) is 8.16. The van der Waals surface area contributed by atoms with Crippen molar-refractivity contribution in [3.8, 4) is 0 Å². The van der Waals surface area contributed by atoms with Gasteiger partial charge in [-0.3, -0.25) is 0 Å². The summed E-state index contributed by atoms with van der Waals surface area (Å²) >= 11 is 0. The smallest absolute Gasteiger partial charge is 0.323 e. The van der Waals surface area contributed by atoms with Crippen molar-refractivity contribution in [2.45, 2.75) is 45.9 Å². The van der Waals surface area contributed by atoms with Gasteiger partial charge in [-0.25, -0.2) is 0 Å². The van der Waals surface area contributed by atoms with Gasteiger partial charge in [-0.2, -0.15) is 0 Å². The summed E-state index contributed by atoms with van der Waals surface area (Å²) in [7, 11) is 0. The molecule has 0 spiro atoms. The summed E-state index contributed by atoms with van der Waals surface area (Å²) in [6.45, 7) is 3.75. The summed E-state index contributed by atoms with van der Waals surface area (Å²) in [5.74, 6) is 0. The fraction of sp³-hybridized carbons (Fsp3) is 0.350. The van der Waals surface area contributed by atoms with Crippen molar-refractivity contribution in [1.82, 2.24) is 0 Å². The molecule has 0 fully saturated rings. The minimum Gasteiger partial charge on any atom is -0.446 e. The number of fused-ring (bicyclic) bond motifs is 1. The van der Waals surface area contributed by atoms with Gasteiger partial charge in [0.1, 0.15) is 0 Å². The van der Waals surface area contributed by atoms with Gasteiger partial charge in [0, 0.05) is 32.7 Å². The standard InChI is InChI=1S/C17H19BO.C2H6.CH3.Y/c19-18-12-4-7-16-11-10-15(13-17(16)18)9-8-14-5-2-1-3-6-14;1-2;;/h1-3,5-6,10-11,13,19H,4,7-9,12H2;1-2H3;1H3;/q;;-1;. The second kappa shape index (κ2) is 12.0. The van der Waals surface area contributed by atoms with Gasteiger partial charge in [-0.1, -0.05) is 74.4 Å². The van der Waals surface area contributed by atoms with Crippen molar-refractivity contribution in [1.29, 1.82) is 0 Å². The average Bonchev–Trinajstić information content (AvgIpc) is 2.56. The molecule has 1 heterocycles. The number of benzene rings is 2. The van der Waals surface area contributed by atoms with Gasteiger partial charge in [-0.15, -0.1) is 0 Å². The molecule has 1 nitrogen and oxygen atoms in total. The monoisotopic (exact) mass is 384 g/mol. The van der Waals surface area contributed by atoms with Crippen molar-refractivity contribution in [2.24, 2.45) is 0 Å². The van der Waals surface area contributed by atoms with Gasteiger partial charge < -0.3 is 12.5 Å². The number of rotatable bonds is 3. The molecule has 0 saturated heterocycles. The topological polar surface area (TPSA) is 20.2 Å². The minimum absolute atomic E-state index is 0. The van der Waals surface area contributed by atoms with Gasteiger partial charge in [-0.05, 0) is 42.2 Å². The molecule has 1 radical (unpaired) electrons. The Morgan fingerprint density at radius 2 is 1.61 bits per heavy atom. The van der Waals surface area contributed by atoms with Gasteiger partial charge >= 0.3 is 6.92 Å². The second-order valence-corrected chi connectivity index (χ2v) is 5.43. The number of hydrogen-bond acceptors (Lipinski definition) is 1. The van der Waals surface area contributed by atoms with Crippen LogP contribution in [-0.2, 0) is 52.0 Å². The van der Waals surface area contributed by atoms with Crippen LogP contribution in [0.2, 0.25) is 6.32 Å². The van der Waals surface area contributed by atoms with Crippen LogP contribution < -0.4 is 5.46 Å². The number of hydrogen-bond donors (Lipinski definition) is 1. The van der Waals surface area contributed by atoms with Crippen LogP contribution in [-0.4, -0.2) is 11.9 Å². The van der Waals surface area contributed by atoms with E-state index in [9.17, 15) is 5.02 Å². The Hall–Kier alpha value is -0.431. The molecule has 0 amide bonds. The molecule has 121 valence electrons. The van der Waals surface area contributed by atoms with Crippen LogP contribution in [0.5, 0.6) is 0 Å². The van der Waals surface area contributed by atoms with Crippen molar-refractivity contribution in [2.75, 3.05) is 0 Å². The molecule has 1 aliphatic heterocycles. The van der Waals surface area contributed by atoms with Gasteiger partial charge in [0.05, 0.1) is 0 Å². The summed E-state index contributed by atoms with van der Waals surface area (Å²) in [6.07, 6.45) is 5.25. The van der Waals surface area contributed by atoms with E-state index in [1.54, 1.807) is 0 Å². The van der Waals surface area contributed by atoms with Crippen LogP contribution in [0.1, 0.15) is 37.0 Å². The first-order chi connectivity index (χ1) is 10.3. The third-order valence-corrected chi connectivity index (χ3v) is 4.04. The molecule has 3 heteroatoms. The first-order valence-electron chi connectivity index (χ1n) is 8.16. The zero-order chi connectivity index (χ0) is 15.1. The van der Waals surface area contributed by atoms with Crippen LogP contribution in [0.15, 0.2) is 48.5 Å². The van der Waals surface area contributed by atoms with Crippen molar-refractivity contribution in [3.05, 3.63) is 72.6 Å². The molecular weight excluding hydrogens is 356 g/mol. The second-order valence-electron chi connectivity index (χ2n) is 5.43. The van der Waals surface area contributed by atoms with Crippen LogP contribution in [0.3, 0.4) is 0 Å². The van der Waals surface area contributed by atoms with Crippen LogP contribution in [0.25, 0.3) is 0 Å². The third kappa shape index (κ3) is 6.53. The fourth-order valence-electron chi connectivity index (χ4n) is 2.91. The van der Waals surface area contributed by atoms with E-state index in [1.807, 2.05) is 13.8 Å². The van der Waals surface area contributed by atoms with E-state index < -0.39 is 0 Å². The predicted molar refractivity (Wildman–Crippen MR) is 98.8 cm³/mol. The molecule has 3 rings (SSSR count). The Kier molecular flexibility index (Phi) is 11.8. The molecule has 1 N–H and O–H groups in total. The van der Waals surface area contributed by atoms with Gasteiger partial charge in [0.25, 0.3) is 0 Å². The summed E-state index contributed by atoms with van der Waals surface area (Å²) in [6, 6.07) is 17.2. The van der Waals surface area contributed by atoms with Crippen LogP contribution in [0, 0.1) is 7.43 Å². The van der Waals surface area contributed by atoms with Gasteiger partial charge in [0.2, 0.25) is 0 Å². The van der Waals surface area contributed by atoms with Crippen LogP contribution in [0.4, 0.5) is 0 Å². The van der Waals surface area contributed by atoms with E-state index in [2.05, 4.69) is 48.5 Å². The average molecular weight is 384 g/mol. The van der Waals surface area contributed by atoms with E-state index in [-0.39, 0.29) is 47.1 Å². The van der Waals surface area contributed by atoms with E-state index in [0.717, 1.165) is 37.5 Å². The quantitative estimate of drug-likeness (QED) is 0.625. The van der Waals surface area contributed by atoms with E-state index in [4.69, 9.17) is 0 Å². The largest absolute Gasteiger partial charge is 0.446 e. The maximum absolute atomic E-state index is 10.1. The fourth-order valence-corrected chi connectivity index (χ4v) is 2.91. The summed E-state index contributed by atoms with van der Waals surface area (Å²) in [5.41, 5.74) is 5.21. The molecule has 0 bridgehead atoms.